The molecule has 0 atom stereocenters. The normalized spacial score (nSPS) is 9.27. The second kappa shape index (κ2) is 3.00. The molecule has 1 rings (SSSR count). The lowest BCUT2D eigenvalue weighted by molar-refractivity contribution is 0.119. The number of carbonyl (C=O) groups is 1. The summed E-state index contributed by atoms with van der Waals surface area (Å²) >= 11 is 0. The van der Waals surface area contributed by atoms with Crippen molar-refractivity contribution in [3.8, 4) is 5.88 Å². The predicted octanol–water partition coefficient (Wildman–Crippen LogP) is 0.258. The Labute approximate surface area is 62.5 Å². The van der Waals surface area contributed by atoms with Crippen molar-refractivity contribution in [3.05, 3.63) is 5.69 Å². The number of methoxy groups -OCH3 is 1. The lowest BCUT2D eigenvalue weighted by atomic mass is 10.5. The zero-order valence-corrected chi connectivity index (χ0v) is 6.12. The summed E-state index contributed by atoms with van der Waals surface area (Å²) in [6.45, 7) is 1.65. The van der Waals surface area contributed by atoms with Crippen molar-refractivity contribution in [2.24, 2.45) is 0 Å². The van der Waals surface area contributed by atoms with E-state index in [1.807, 2.05) is 0 Å². The molecule has 0 radical (unpaired) electrons. The van der Waals surface area contributed by atoms with Gasteiger partial charge in [0.05, 0.1) is 7.11 Å². The van der Waals surface area contributed by atoms with E-state index in [0.717, 1.165) is 0 Å². The second-order valence-electron chi connectivity index (χ2n) is 1.77. The number of rotatable bonds is 1. The van der Waals surface area contributed by atoms with Crippen LogP contribution in [0.3, 0.4) is 0 Å². The number of nitrogens with one attached hydrogen (secondary N) is 1. The molecule has 0 saturated carbocycles. The van der Waals surface area contributed by atoms with Crippen molar-refractivity contribution in [2.75, 3.05) is 7.11 Å². The molecule has 0 aliphatic rings. The van der Waals surface area contributed by atoms with Gasteiger partial charge in [-0.25, -0.2) is 4.79 Å². The van der Waals surface area contributed by atoms with Crippen LogP contribution in [-0.2, 0) is 4.74 Å². The average Bonchev–Trinajstić information content (AvgIpc) is 2.37. The van der Waals surface area contributed by atoms with Crippen LogP contribution in [0.15, 0.2) is 0 Å². The van der Waals surface area contributed by atoms with E-state index in [-0.39, 0.29) is 5.88 Å². The molecule has 60 valence electrons. The Hall–Kier alpha value is -1.59. The number of aromatic nitrogens is 3. The second-order valence-corrected chi connectivity index (χ2v) is 1.77. The average molecular weight is 157 g/mol. The molecule has 6 nitrogen and oxygen atoms in total. The maximum Gasteiger partial charge on any atom is 0.515 e. The first kappa shape index (κ1) is 7.52. The van der Waals surface area contributed by atoms with E-state index in [1.165, 1.54) is 7.11 Å². The van der Waals surface area contributed by atoms with Gasteiger partial charge in [0.25, 0.3) is 5.88 Å². The van der Waals surface area contributed by atoms with Crippen LogP contribution < -0.4 is 4.74 Å². The molecular weight excluding hydrogens is 150 g/mol. The van der Waals surface area contributed by atoms with Crippen LogP contribution in [0.2, 0.25) is 0 Å². The smallest absolute Gasteiger partial charge is 0.437 e. The molecule has 0 aliphatic heterocycles. The fourth-order valence-corrected chi connectivity index (χ4v) is 0.491. The first-order valence-corrected chi connectivity index (χ1v) is 2.87. The SMILES string of the molecule is COC(=O)Oc1n[nH]nc1C. The van der Waals surface area contributed by atoms with Gasteiger partial charge in [0, 0.05) is 0 Å². The van der Waals surface area contributed by atoms with Gasteiger partial charge < -0.3 is 9.47 Å². The molecule has 0 aliphatic carbocycles. The standard InChI is InChI=1S/C5H7N3O3/c1-3-4(7-8-6-3)11-5(9)10-2/h1-2H3,(H,6,7,8). The maximum atomic E-state index is 10.5. The highest BCUT2D eigenvalue weighted by Gasteiger charge is 2.09. The first-order valence-electron chi connectivity index (χ1n) is 2.87. The molecule has 0 fully saturated rings. The minimum atomic E-state index is -0.804. The van der Waals surface area contributed by atoms with Crippen molar-refractivity contribution in [1.82, 2.24) is 15.4 Å². The predicted molar refractivity (Wildman–Crippen MR) is 34.2 cm³/mol. The summed E-state index contributed by atoms with van der Waals surface area (Å²) in [7, 11) is 1.22. The number of H-pyrrole nitrogens is 1. The summed E-state index contributed by atoms with van der Waals surface area (Å²) in [6, 6.07) is 0. The van der Waals surface area contributed by atoms with Crippen molar-refractivity contribution >= 4 is 6.16 Å². The third-order valence-electron chi connectivity index (χ3n) is 1.03. The number of nitrogens with zero attached hydrogens (tertiary/aromatic N) is 2. The van der Waals surface area contributed by atoms with E-state index < -0.39 is 6.16 Å². The Kier molecular flexibility index (Phi) is 2.05. The van der Waals surface area contributed by atoms with Crippen LogP contribution in [0, 0.1) is 6.92 Å². The Bertz CT molecular complexity index is 257. The highest BCUT2D eigenvalue weighted by molar-refractivity contribution is 5.62. The van der Waals surface area contributed by atoms with Crippen molar-refractivity contribution in [3.63, 3.8) is 0 Å². The lowest BCUT2D eigenvalue weighted by Crippen LogP contribution is -2.08. The van der Waals surface area contributed by atoms with Gasteiger partial charge in [-0.15, -0.1) is 5.10 Å². The maximum absolute atomic E-state index is 10.5. The number of aromatic amines is 1. The van der Waals surface area contributed by atoms with Gasteiger partial charge in [-0.05, 0) is 6.92 Å². The highest BCUT2D eigenvalue weighted by atomic mass is 16.7. The number of carbonyl (C=O) groups excluding carboxylic acids is 1. The van der Waals surface area contributed by atoms with E-state index >= 15 is 0 Å². The molecule has 0 bridgehead atoms. The summed E-state index contributed by atoms with van der Waals surface area (Å²) < 4.78 is 8.80. The van der Waals surface area contributed by atoms with E-state index in [0.29, 0.717) is 5.69 Å². The molecule has 0 spiro atoms. The zero-order valence-electron chi connectivity index (χ0n) is 6.12. The third-order valence-corrected chi connectivity index (χ3v) is 1.03. The minimum Gasteiger partial charge on any atom is -0.437 e. The van der Waals surface area contributed by atoms with Crippen LogP contribution >= 0.6 is 0 Å². The number of aryl methyl sites for hydroxylation is 1. The molecule has 1 aromatic heterocycles. The third kappa shape index (κ3) is 1.66. The Morgan fingerprint density at radius 2 is 2.27 bits per heavy atom. The summed E-state index contributed by atoms with van der Waals surface area (Å²) in [5.74, 6) is 0.136. The Morgan fingerprint density at radius 1 is 1.55 bits per heavy atom. The minimum absolute atomic E-state index is 0.136. The van der Waals surface area contributed by atoms with Crippen molar-refractivity contribution in [2.45, 2.75) is 6.92 Å². The molecule has 6 heteroatoms. The van der Waals surface area contributed by atoms with E-state index in [1.54, 1.807) is 6.92 Å². The van der Waals surface area contributed by atoms with E-state index in [2.05, 4.69) is 24.9 Å². The largest absolute Gasteiger partial charge is 0.515 e. The van der Waals surface area contributed by atoms with Gasteiger partial charge in [0.2, 0.25) is 0 Å². The van der Waals surface area contributed by atoms with Crippen molar-refractivity contribution in [1.29, 1.82) is 0 Å². The van der Waals surface area contributed by atoms with Gasteiger partial charge >= 0.3 is 6.16 Å². The van der Waals surface area contributed by atoms with E-state index in [4.69, 9.17) is 0 Å². The zero-order chi connectivity index (χ0) is 8.27. The first-order chi connectivity index (χ1) is 5.24. The fraction of sp³-hybridized carbons (Fsp3) is 0.400. The van der Waals surface area contributed by atoms with Gasteiger partial charge in [0.15, 0.2) is 0 Å². The molecule has 1 N–H and O–H groups in total. The lowest BCUT2D eigenvalue weighted by Gasteiger charge is -1.96. The summed E-state index contributed by atoms with van der Waals surface area (Å²) in [6.07, 6.45) is -0.804. The van der Waals surface area contributed by atoms with Gasteiger partial charge in [-0.3, -0.25) is 0 Å². The van der Waals surface area contributed by atoms with Crippen LogP contribution in [0.1, 0.15) is 5.69 Å². The van der Waals surface area contributed by atoms with Crippen LogP contribution in [0.25, 0.3) is 0 Å². The van der Waals surface area contributed by atoms with Crippen LogP contribution in [0.4, 0.5) is 4.79 Å². The molecule has 0 aromatic carbocycles. The number of hydrogen-bond acceptors (Lipinski definition) is 5. The summed E-state index contributed by atoms with van der Waals surface area (Å²) in [4.78, 5) is 10.5. The van der Waals surface area contributed by atoms with Gasteiger partial charge in [-0.2, -0.15) is 10.3 Å². The number of ether oxygens (including phenoxy) is 2. The molecule has 11 heavy (non-hydrogen) atoms. The molecular formula is C5H7N3O3. The summed E-state index contributed by atoms with van der Waals surface area (Å²) in [5.41, 5.74) is 0.510. The Morgan fingerprint density at radius 3 is 2.73 bits per heavy atom. The van der Waals surface area contributed by atoms with Crippen LogP contribution in [-0.4, -0.2) is 28.7 Å². The topological polar surface area (TPSA) is 77.1 Å². The Balaban J connectivity index is 2.64. The molecule has 1 aromatic rings. The molecule has 0 amide bonds. The molecule has 1 heterocycles. The van der Waals surface area contributed by atoms with Gasteiger partial charge in [-0.1, -0.05) is 0 Å². The molecule has 0 saturated heterocycles. The van der Waals surface area contributed by atoms with Gasteiger partial charge in [0.1, 0.15) is 5.69 Å². The summed E-state index contributed by atoms with van der Waals surface area (Å²) in [5, 5.41) is 9.47. The molecule has 0 unspecified atom stereocenters. The van der Waals surface area contributed by atoms with E-state index in [9.17, 15) is 4.79 Å². The van der Waals surface area contributed by atoms with Crippen molar-refractivity contribution < 1.29 is 14.3 Å². The highest BCUT2D eigenvalue weighted by Crippen LogP contribution is 2.08. The fourth-order valence-electron chi connectivity index (χ4n) is 0.491. The quantitative estimate of drug-likeness (QED) is 0.591. The van der Waals surface area contributed by atoms with Crippen LogP contribution in [0.5, 0.6) is 5.88 Å². The monoisotopic (exact) mass is 157 g/mol. The number of hydrogen-bond donors (Lipinski definition) is 1.